The molecule has 0 radical (unpaired) electrons. The molecule has 0 saturated heterocycles. The van der Waals surface area contributed by atoms with E-state index in [0.29, 0.717) is 0 Å². The van der Waals surface area contributed by atoms with Crippen molar-refractivity contribution >= 4 is 11.4 Å². The van der Waals surface area contributed by atoms with E-state index in [1.807, 2.05) is 36.9 Å². The van der Waals surface area contributed by atoms with E-state index >= 15 is 0 Å². The molecule has 3 aromatic carbocycles. The van der Waals surface area contributed by atoms with Crippen molar-refractivity contribution in [3.05, 3.63) is 175 Å². The Bertz CT molecular complexity index is 1990. The zero-order valence-electron chi connectivity index (χ0n) is 25.4. The number of allylic oxidation sites excluding steroid dienone is 5. The summed E-state index contributed by atoms with van der Waals surface area (Å²) >= 11 is 0. The first kappa shape index (κ1) is 26.9. The van der Waals surface area contributed by atoms with Crippen molar-refractivity contribution in [3.8, 4) is 28.0 Å². The summed E-state index contributed by atoms with van der Waals surface area (Å²) in [4.78, 5) is 11.4. The number of hydrogen-bond donors (Lipinski definition) is 0. The number of nitrogens with zero attached hydrogens (tertiary/aromatic N) is 3. The molecule has 4 heterocycles. The summed E-state index contributed by atoms with van der Waals surface area (Å²) in [5.41, 5.74) is 11.9. The Labute approximate surface area is 269 Å². The number of benzene rings is 3. The van der Waals surface area contributed by atoms with E-state index in [9.17, 15) is 0 Å². The molecule has 222 valence electrons. The second-order valence-electron chi connectivity index (χ2n) is 12.4. The second kappa shape index (κ2) is 11.1. The third-order valence-corrected chi connectivity index (χ3v) is 9.78. The molecule has 5 aromatic rings. The lowest BCUT2D eigenvalue weighted by atomic mass is 9.81. The molecule has 4 nitrogen and oxygen atoms in total. The van der Waals surface area contributed by atoms with Crippen molar-refractivity contribution in [2.75, 3.05) is 4.90 Å². The van der Waals surface area contributed by atoms with E-state index < -0.39 is 0 Å². The molecule has 2 aromatic heterocycles. The maximum absolute atomic E-state index is 7.15. The Morgan fingerprint density at radius 1 is 0.717 bits per heavy atom. The van der Waals surface area contributed by atoms with Crippen LogP contribution in [0.3, 0.4) is 0 Å². The first-order valence-corrected chi connectivity index (χ1v) is 16.2. The number of rotatable bonds is 5. The van der Waals surface area contributed by atoms with Crippen LogP contribution in [-0.2, 0) is 0 Å². The summed E-state index contributed by atoms with van der Waals surface area (Å²) in [5.74, 6) is 1.37. The average molecular weight is 596 g/mol. The molecule has 0 spiro atoms. The van der Waals surface area contributed by atoms with Crippen LogP contribution >= 0.6 is 0 Å². The largest absolute Gasteiger partial charge is 0.484 e. The monoisotopic (exact) mass is 595 g/mol. The van der Waals surface area contributed by atoms with E-state index in [0.717, 1.165) is 46.5 Å². The maximum atomic E-state index is 7.15. The van der Waals surface area contributed by atoms with Crippen LogP contribution in [0.4, 0.5) is 11.4 Å². The molecule has 4 aliphatic rings. The van der Waals surface area contributed by atoms with Gasteiger partial charge in [-0.25, -0.2) is 0 Å². The van der Waals surface area contributed by atoms with Crippen LogP contribution in [0.25, 0.3) is 22.3 Å². The van der Waals surface area contributed by atoms with Crippen molar-refractivity contribution < 1.29 is 4.74 Å². The average Bonchev–Trinajstić information content (AvgIpc) is 3.69. The van der Waals surface area contributed by atoms with E-state index in [1.54, 1.807) is 0 Å². The first-order valence-electron chi connectivity index (χ1n) is 16.2. The molecule has 4 atom stereocenters. The van der Waals surface area contributed by atoms with Gasteiger partial charge in [0.25, 0.3) is 0 Å². The fourth-order valence-electron chi connectivity index (χ4n) is 7.73. The molecule has 0 saturated carbocycles. The van der Waals surface area contributed by atoms with Gasteiger partial charge in [-0.15, -0.1) is 0 Å². The standard InChI is InChI=1S/C42H33N3O/c1-3-11-28(12-4-1)39-36-19-20-38-40(42(36)46-41(39)29-13-5-2-6-14-29)35-17-7-8-18-37(35)45(38)34-24-32(30-15-9-21-43-26-30)23-33(25-34)31-16-10-22-44-27-31/h2-3,5-27,35,37,39,41H,1,4H2. The van der Waals surface area contributed by atoms with Crippen LogP contribution in [0, 0.1) is 0 Å². The lowest BCUT2D eigenvalue weighted by Crippen LogP contribution is -2.28. The number of aromatic nitrogens is 2. The molecule has 9 rings (SSSR count). The maximum Gasteiger partial charge on any atom is 0.135 e. The Balaban J connectivity index is 1.23. The minimum absolute atomic E-state index is 0.0709. The van der Waals surface area contributed by atoms with Crippen LogP contribution < -0.4 is 9.64 Å². The van der Waals surface area contributed by atoms with E-state index in [4.69, 9.17) is 4.74 Å². The van der Waals surface area contributed by atoms with Gasteiger partial charge in [0.15, 0.2) is 0 Å². The summed E-state index contributed by atoms with van der Waals surface area (Å²) in [6, 6.07) is 30.6. The highest BCUT2D eigenvalue weighted by molar-refractivity contribution is 5.85. The molecule has 0 amide bonds. The fourth-order valence-corrected chi connectivity index (χ4v) is 7.73. The van der Waals surface area contributed by atoms with E-state index in [2.05, 4.69) is 130 Å². The van der Waals surface area contributed by atoms with Gasteiger partial charge in [-0.05, 0) is 71.5 Å². The molecular weight excluding hydrogens is 562 g/mol. The third-order valence-electron chi connectivity index (χ3n) is 9.78. The zero-order valence-corrected chi connectivity index (χ0v) is 25.4. The molecular formula is C42H33N3O. The van der Waals surface area contributed by atoms with Crippen molar-refractivity contribution in [1.29, 1.82) is 0 Å². The summed E-state index contributed by atoms with van der Waals surface area (Å²) in [7, 11) is 0. The van der Waals surface area contributed by atoms with Gasteiger partial charge < -0.3 is 9.64 Å². The van der Waals surface area contributed by atoms with Gasteiger partial charge in [0.2, 0.25) is 0 Å². The summed E-state index contributed by atoms with van der Waals surface area (Å²) < 4.78 is 7.15. The number of ether oxygens (including phenoxy) is 1. The van der Waals surface area contributed by atoms with E-state index in [-0.39, 0.29) is 24.0 Å². The van der Waals surface area contributed by atoms with Crippen molar-refractivity contribution in [2.45, 2.75) is 36.8 Å². The molecule has 4 unspecified atom stereocenters. The van der Waals surface area contributed by atoms with Crippen molar-refractivity contribution in [3.63, 3.8) is 0 Å². The van der Waals surface area contributed by atoms with Gasteiger partial charge in [-0.1, -0.05) is 91.1 Å². The van der Waals surface area contributed by atoms with Gasteiger partial charge in [-0.3, -0.25) is 9.97 Å². The molecule has 2 aliphatic heterocycles. The SMILES string of the molecule is C1=CC2c3c(ccc4c3OC(c3ccccc3)C4C3=CCCC=C3)N(c3cc(-c4cccnc4)cc(-c4cccnc4)c3)C2C=C1. The van der Waals surface area contributed by atoms with Crippen LogP contribution in [-0.4, -0.2) is 16.0 Å². The third kappa shape index (κ3) is 4.44. The van der Waals surface area contributed by atoms with E-state index in [1.165, 1.54) is 28.0 Å². The van der Waals surface area contributed by atoms with Crippen molar-refractivity contribution in [1.82, 2.24) is 9.97 Å². The minimum atomic E-state index is -0.0709. The molecule has 46 heavy (non-hydrogen) atoms. The van der Waals surface area contributed by atoms with Crippen LogP contribution in [0.2, 0.25) is 0 Å². The van der Waals surface area contributed by atoms with Crippen molar-refractivity contribution in [2.24, 2.45) is 0 Å². The zero-order chi connectivity index (χ0) is 30.5. The molecule has 4 heteroatoms. The van der Waals surface area contributed by atoms with Gasteiger partial charge in [0.1, 0.15) is 11.9 Å². The predicted octanol–water partition coefficient (Wildman–Crippen LogP) is 10.0. The molecule has 0 fully saturated rings. The van der Waals surface area contributed by atoms with Crippen LogP contribution in [0.1, 0.15) is 47.5 Å². The highest BCUT2D eigenvalue weighted by Crippen LogP contribution is 2.59. The molecule has 0 bridgehead atoms. The number of hydrogen-bond acceptors (Lipinski definition) is 4. The second-order valence-corrected chi connectivity index (χ2v) is 12.4. The lowest BCUT2D eigenvalue weighted by molar-refractivity contribution is 0.220. The van der Waals surface area contributed by atoms with Crippen LogP contribution in [0.5, 0.6) is 5.75 Å². The number of fused-ring (bicyclic) bond motifs is 5. The lowest BCUT2D eigenvalue weighted by Gasteiger charge is -2.29. The molecule has 0 N–H and O–H groups in total. The number of anilines is 2. The van der Waals surface area contributed by atoms with Gasteiger partial charge in [0.05, 0.1) is 12.0 Å². The number of pyridine rings is 2. The van der Waals surface area contributed by atoms with Gasteiger partial charge in [0, 0.05) is 64.3 Å². The Morgan fingerprint density at radius 3 is 2.17 bits per heavy atom. The first-order chi connectivity index (χ1) is 22.8. The summed E-state index contributed by atoms with van der Waals surface area (Å²) in [6.45, 7) is 0. The highest BCUT2D eigenvalue weighted by Gasteiger charge is 2.46. The highest BCUT2D eigenvalue weighted by atomic mass is 16.5. The normalized spacial score (nSPS) is 22.2. The predicted molar refractivity (Wildman–Crippen MR) is 185 cm³/mol. The quantitative estimate of drug-likeness (QED) is 0.203. The summed E-state index contributed by atoms with van der Waals surface area (Å²) in [5, 5.41) is 0. The minimum Gasteiger partial charge on any atom is -0.484 e. The van der Waals surface area contributed by atoms with Gasteiger partial charge in [-0.2, -0.15) is 0 Å². The Morgan fingerprint density at radius 2 is 1.48 bits per heavy atom. The molecule has 2 aliphatic carbocycles. The van der Waals surface area contributed by atoms with Crippen LogP contribution in [0.15, 0.2) is 158 Å². The fraction of sp³-hybridized carbons (Fsp3) is 0.143. The Hall–Kier alpha value is -5.48. The summed E-state index contributed by atoms with van der Waals surface area (Å²) in [6.07, 6.45) is 25.7. The Kier molecular flexibility index (Phi) is 6.52. The topological polar surface area (TPSA) is 38.2 Å². The van der Waals surface area contributed by atoms with Gasteiger partial charge >= 0.3 is 0 Å². The smallest absolute Gasteiger partial charge is 0.135 e.